The summed E-state index contributed by atoms with van der Waals surface area (Å²) in [5.41, 5.74) is 0.526. The second kappa shape index (κ2) is 7.81. The van der Waals surface area contributed by atoms with E-state index in [0.717, 1.165) is 0 Å². The van der Waals surface area contributed by atoms with Crippen LogP contribution in [-0.4, -0.2) is 31.2 Å². The molecule has 1 aromatic rings. The number of anilines is 1. The van der Waals surface area contributed by atoms with Gasteiger partial charge in [0, 0.05) is 18.8 Å². The Bertz CT molecular complexity index is 500. The normalized spacial score (nSPS) is 12.7. The molecule has 1 atom stereocenters. The first-order valence-corrected chi connectivity index (χ1v) is 7.03. The molecule has 9 heteroatoms. The van der Waals surface area contributed by atoms with E-state index >= 15 is 0 Å². The Morgan fingerprint density at radius 3 is 2.62 bits per heavy atom. The van der Waals surface area contributed by atoms with E-state index in [-0.39, 0.29) is 16.3 Å². The van der Waals surface area contributed by atoms with Gasteiger partial charge in [-0.15, -0.1) is 13.2 Å². The van der Waals surface area contributed by atoms with Crippen LogP contribution in [0.25, 0.3) is 0 Å². The Kier molecular flexibility index (Phi) is 6.69. The van der Waals surface area contributed by atoms with Gasteiger partial charge in [0.05, 0.1) is 11.1 Å². The van der Waals surface area contributed by atoms with Gasteiger partial charge in [0.15, 0.2) is 5.11 Å². The van der Waals surface area contributed by atoms with E-state index in [1.807, 2.05) is 6.92 Å². The van der Waals surface area contributed by atoms with Crippen molar-refractivity contribution in [3.8, 4) is 5.75 Å². The Hall–Kier alpha value is -1.06. The number of hydrogen-bond donors (Lipinski definition) is 2. The fourth-order valence-electron chi connectivity index (χ4n) is 1.47. The standard InChI is InChI=1S/C12H14BrF3N2O2S/c1-7(6-19-2)17-11(21)18-8-3-4-10(9(13)5-8)20-12(14,15)16/h3-5,7H,6H2,1-2H3,(H2,17,18,21). The summed E-state index contributed by atoms with van der Waals surface area (Å²) in [6.45, 7) is 2.36. The lowest BCUT2D eigenvalue weighted by atomic mass is 10.3. The number of nitrogens with one attached hydrogen (secondary N) is 2. The lowest BCUT2D eigenvalue weighted by molar-refractivity contribution is -0.274. The van der Waals surface area contributed by atoms with Gasteiger partial charge < -0.3 is 20.1 Å². The molecule has 1 rings (SSSR count). The summed E-state index contributed by atoms with van der Waals surface area (Å²) in [5.74, 6) is -0.320. The second-order valence-corrected chi connectivity index (χ2v) is 5.41. The van der Waals surface area contributed by atoms with Crippen molar-refractivity contribution >= 4 is 38.9 Å². The Balaban J connectivity index is 2.65. The first-order valence-electron chi connectivity index (χ1n) is 5.83. The molecule has 0 spiro atoms. The van der Waals surface area contributed by atoms with Crippen molar-refractivity contribution in [2.75, 3.05) is 19.0 Å². The molecule has 0 fully saturated rings. The molecular formula is C12H14BrF3N2O2S. The summed E-state index contributed by atoms with van der Waals surface area (Å²) < 4.78 is 45.4. The highest BCUT2D eigenvalue weighted by Gasteiger charge is 2.31. The molecule has 0 bridgehead atoms. The lowest BCUT2D eigenvalue weighted by Crippen LogP contribution is -2.38. The Labute approximate surface area is 134 Å². The summed E-state index contributed by atoms with van der Waals surface area (Å²) in [4.78, 5) is 0. The number of methoxy groups -OCH3 is 1. The van der Waals surface area contributed by atoms with Gasteiger partial charge in [0.25, 0.3) is 0 Å². The van der Waals surface area contributed by atoms with Crippen LogP contribution in [0.1, 0.15) is 6.92 Å². The van der Waals surface area contributed by atoms with Gasteiger partial charge in [-0.05, 0) is 53.3 Å². The highest BCUT2D eigenvalue weighted by molar-refractivity contribution is 9.10. The van der Waals surface area contributed by atoms with Gasteiger partial charge in [-0.3, -0.25) is 0 Å². The van der Waals surface area contributed by atoms with Crippen LogP contribution in [0.4, 0.5) is 18.9 Å². The predicted octanol–water partition coefficient (Wildman–Crippen LogP) is 3.67. The van der Waals surface area contributed by atoms with Crippen LogP contribution in [0.3, 0.4) is 0 Å². The van der Waals surface area contributed by atoms with Gasteiger partial charge in [0.2, 0.25) is 0 Å². The van der Waals surface area contributed by atoms with Gasteiger partial charge >= 0.3 is 6.36 Å². The van der Waals surface area contributed by atoms with Crippen LogP contribution in [-0.2, 0) is 4.74 Å². The van der Waals surface area contributed by atoms with E-state index in [2.05, 4.69) is 31.3 Å². The predicted molar refractivity (Wildman–Crippen MR) is 81.5 cm³/mol. The van der Waals surface area contributed by atoms with Crippen LogP contribution in [0.2, 0.25) is 0 Å². The molecule has 0 amide bonds. The maximum absolute atomic E-state index is 12.1. The fourth-order valence-corrected chi connectivity index (χ4v) is 2.25. The van der Waals surface area contributed by atoms with Crippen LogP contribution in [0.5, 0.6) is 5.75 Å². The third-order valence-corrected chi connectivity index (χ3v) is 3.05. The molecule has 0 saturated carbocycles. The minimum atomic E-state index is -4.73. The summed E-state index contributed by atoms with van der Waals surface area (Å²) in [5, 5.41) is 6.17. The second-order valence-electron chi connectivity index (χ2n) is 4.15. The van der Waals surface area contributed by atoms with E-state index in [9.17, 15) is 13.2 Å². The van der Waals surface area contributed by atoms with Crippen molar-refractivity contribution < 1.29 is 22.6 Å². The smallest absolute Gasteiger partial charge is 0.405 e. The molecule has 0 radical (unpaired) electrons. The largest absolute Gasteiger partial charge is 0.573 e. The molecule has 1 aromatic carbocycles. The third kappa shape index (κ3) is 6.96. The van der Waals surface area contributed by atoms with E-state index in [1.54, 1.807) is 7.11 Å². The van der Waals surface area contributed by atoms with Crippen molar-refractivity contribution in [1.82, 2.24) is 5.32 Å². The number of benzene rings is 1. The average Bonchev–Trinajstić information content (AvgIpc) is 2.31. The molecule has 0 aromatic heterocycles. The van der Waals surface area contributed by atoms with Gasteiger partial charge in [-0.1, -0.05) is 0 Å². The fraction of sp³-hybridized carbons (Fsp3) is 0.417. The molecule has 0 aliphatic heterocycles. The zero-order valence-electron chi connectivity index (χ0n) is 11.3. The number of alkyl halides is 3. The number of thiocarbonyl (C=S) groups is 1. The first-order chi connectivity index (χ1) is 9.71. The maximum atomic E-state index is 12.1. The van der Waals surface area contributed by atoms with Crippen molar-refractivity contribution in [3.63, 3.8) is 0 Å². The Morgan fingerprint density at radius 2 is 2.10 bits per heavy atom. The summed E-state index contributed by atoms with van der Waals surface area (Å²) in [6.07, 6.45) is -4.73. The van der Waals surface area contributed by atoms with Crippen molar-refractivity contribution in [2.45, 2.75) is 19.3 Å². The number of rotatable bonds is 5. The minimum absolute atomic E-state index is 0.00581. The molecule has 2 N–H and O–H groups in total. The summed E-state index contributed by atoms with van der Waals surface area (Å²) >= 11 is 8.10. The maximum Gasteiger partial charge on any atom is 0.573 e. The zero-order chi connectivity index (χ0) is 16.0. The third-order valence-electron chi connectivity index (χ3n) is 2.21. The van der Waals surface area contributed by atoms with Gasteiger partial charge in [0.1, 0.15) is 5.75 Å². The topological polar surface area (TPSA) is 42.5 Å². The number of halogens is 4. The lowest BCUT2D eigenvalue weighted by Gasteiger charge is -2.17. The van der Waals surface area contributed by atoms with Crippen LogP contribution in [0.15, 0.2) is 22.7 Å². The van der Waals surface area contributed by atoms with E-state index < -0.39 is 6.36 Å². The van der Waals surface area contributed by atoms with Gasteiger partial charge in [-0.25, -0.2) is 0 Å². The first kappa shape index (κ1) is 18.0. The van der Waals surface area contributed by atoms with Crippen LogP contribution >= 0.6 is 28.1 Å². The van der Waals surface area contributed by atoms with E-state index in [1.165, 1.54) is 18.2 Å². The minimum Gasteiger partial charge on any atom is -0.405 e. The molecular weight excluding hydrogens is 373 g/mol. The SMILES string of the molecule is COCC(C)NC(=S)Nc1ccc(OC(F)(F)F)c(Br)c1. The monoisotopic (exact) mass is 386 g/mol. The molecule has 21 heavy (non-hydrogen) atoms. The Morgan fingerprint density at radius 1 is 1.43 bits per heavy atom. The average molecular weight is 387 g/mol. The van der Waals surface area contributed by atoms with Crippen LogP contribution in [0, 0.1) is 0 Å². The van der Waals surface area contributed by atoms with E-state index in [4.69, 9.17) is 17.0 Å². The highest BCUT2D eigenvalue weighted by Crippen LogP contribution is 2.32. The zero-order valence-corrected chi connectivity index (χ0v) is 13.7. The number of hydrogen-bond acceptors (Lipinski definition) is 3. The van der Waals surface area contributed by atoms with Crippen LogP contribution < -0.4 is 15.4 Å². The summed E-state index contributed by atoms with van der Waals surface area (Å²) in [6, 6.07) is 4.07. The van der Waals surface area contributed by atoms with Crippen molar-refractivity contribution in [2.24, 2.45) is 0 Å². The van der Waals surface area contributed by atoms with Crippen molar-refractivity contribution in [1.29, 1.82) is 0 Å². The molecule has 118 valence electrons. The molecule has 0 aliphatic rings. The van der Waals surface area contributed by atoms with Gasteiger partial charge in [-0.2, -0.15) is 0 Å². The summed E-state index contributed by atoms with van der Waals surface area (Å²) in [7, 11) is 1.57. The molecule has 0 saturated heterocycles. The molecule has 0 heterocycles. The quantitative estimate of drug-likeness (QED) is 0.755. The number of ether oxygens (including phenoxy) is 2. The van der Waals surface area contributed by atoms with Crippen molar-refractivity contribution in [3.05, 3.63) is 22.7 Å². The molecule has 4 nitrogen and oxygen atoms in total. The highest BCUT2D eigenvalue weighted by atomic mass is 79.9. The molecule has 0 aliphatic carbocycles. The molecule has 1 unspecified atom stereocenters. The van der Waals surface area contributed by atoms with E-state index in [0.29, 0.717) is 17.4 Å².